The van der Waals surface area contributed by atoms with Crippen molar-refractivity contribution in [3.8, 4) is 0 Å². The maximum absolute atomic E-state index is 10.7. The van der Waals surface area contributed by atoms with Crippen LogP contribution in [-0.4, -0.2) is 18.8 Å². The van der Waals surface area contributed by atoms with Crippen LogP contribution in [0.3, 0.4) is 0 Å². The van der Waals surface area contributed by atoms with Crippen LogP contribution in [0.2, 0.25) is 0 Å². The quantitative estimate of drug-likeness (QED) is 0.583. The Balaban J connectivity index is 2.95. The van der Waals surface area contributed by atoms with Crippen molar-refractivity contribution in [1.29, 1.82) is 0 Å². The fourth-order valence-electron chi connectivity index (χ4n) is 0.532. The maximum atomic E-state index is 10.7. The molecule has 0 aromatic carbocycles. The molecule has 1 unspecified atom stereocenters. The van der Waals surface area contributed by atoms with Gasteiger partial charge in [0.05, 0.1) is 0 Å². The molecule has 0 aromatic heterocycles. The Labute approximate surface area is 66.9 Å². The second-order valence-corrected chi connectivity index (χ2v) is 5.32. The van der Waals surface area contributed by atoms with Gasteiger partial charge in [-0.25, -0.2) is 8.42 Å². The van der Waals surface area contributed by atoms with E-state index < -0.39 is 19.4 Å². The molecule has 1 rings (SSSR count). The van der Waals surface area contributed by atoms with Crippen molar-refractivity contribution >= 4 is 36.6 Å². The molecule has 6 heteroatoms. The summed E-state index contributed by atoms with van der Waals surface area (Å²) < 4.78 is 21.0. The molecule has 0 amide bonds. The first-order valence-corrected chi connectivity index (χ1v) is 5.57. The Kier molecular flexibility index (Phi) is 2.07. The summed E-state index contributed by atoms with van der Waals surface area (Å²) in [7, 11) is 1.18. The summed E-state index contributed by atoms with van der Waals surface area (Å²) in [5, 5.41) is -0.151. The minimum atomic E-state index is -3.74. The van der Waals surface area contributed by atoms with Gasteiger partial charge >= 0.3 is 0 Å². The second-order valence-electron chi connectivity index (χ2n) is 1.66. The van der Waals surface area contributed by atoms with Gasteiger partial charge in [-0.1, -0.05) is 17.8 Å². The third kappa shape index (κ3) is 1.53. The third-order valence-corrected chi connectivity index (χ3v) is 3.46. The van der Waals surface area contributed by atoms with Gasteiger partial charge in [-0.3, -0.25) is 4.79 Å². The van der Waals surface area contributed by atoms with Crippen molar-refractivity contribution < 1.29 is 13.2 Å². The van der Waals surface area contributed by atoms with Crippen molar-refractivity contribution in [2.45, 2.75) is 5.25 Å². The number of hydrogen-bond donors (Lipinski definition) is 0. The van der Waals surface area contributed by atoms with Gasteiger partial charge in [0.2, 0.25) is 14.2 Å². The lowest BCUT2D eigenvalue weighted by atomic mass is 10.5. The van der Waals surface area contributed by atoms with E-state index in [0.29, 0.717) is 0 Å². The molecular formula is C4H3ClO3S2. The van der Waals surface area contributed by atoms with Crippen molar-refractivity contribution in [2.24, 2.45) is 0 Å². The van der Waals surface area contributed by atoms with E-state index in [1.165, 1.54) is 11.5 Å². The normalized spacial score (nSPS) is 25.7. The topological polar surface area (TPSA) is 51.2 Å². The molecule has 0 bridgehead atoms. The van der Waals surface area contributed by atoms with Crippen LogP contribution in [0.5, 0.6) is 0 Å². The lowest BCUT2D eigenvalue weighted by Gasteiger charge is -1.97. The Bertz CT molecular complexity index is 279. The Hall–Kier alpha value is -0.000000000000000111. The molecule has 10 heavy (non-hydrogen) atoms. The van der Waals surface area contributed by atoms with Crippen LogP contribution in [0.15, 0.2) is 11.5 Å². The summed E-state index contributed by atoms with van der Waals surface area (Å²) in [5.41, 5.74) is 0. The predicted octanol–water partition coefficient (Wildman–Crippen LogP) is 0.711. The van der Waals surface area contributed by atoms with E-state index in [0.717, 1.165) is 11.8 Å². The van der Waals surface area contributed by atoms with Gasteiger partial charge in [0.1, 0.15) is 0 Å². The first kappa shape index (κ1) is 8.10. The van der Waals surface area contributed by atoms with Crippen LogP contribution in [0, 0.1) is 0 Å². The molecule has 1 atom stereocenters. The Morgan fingerprint density at radius 3 is 2.40 bits per heavy atom. The van der Waals surface area contributed by atoms with Gasteiger partial charge in [0, 0.05) is 10.7 Å². The number of thioether (sulfide) groups is 1. The summed E-state index contributed by atoms with van der Waals surface area (Å²) in [4.78, 5) is 10.7. The van der Waals surface area contributed by atoms with Crippen LogP contribution in [0.25, 0.3) is 0 Å². The lowest BCUT2D eigenvalue weighted by Crippen LogP contribution is -2.18. The number of rotatable bonds is 1. The molecule has 0 saturated carbocycles. The molecule has 1 aliphatic rings. The summed E-state index contributed by atoms with van der Waals surface area (Å²) in [6.45, 7) is 0. The van der Waals surface area contributed by atoms with Crippen LogP contribution in [0.4, 0.5) is 0 Å². The van der Waals surface area contributed by atoms with Crippen LogP contribution in [-0.2, 0) is 13.8 Å². The SMILES string of the molecule is O=C1SC=CC1S(=O)(=O)Cl. The highest BCUT2D eigenvalue weighted by Crippen LogP contribution is 2.24. The van der Waals surface area contributed by atoms with Gasteiger partial charge < -0.3 is 0 Å². The molecule has 0 fully saturated rings. The first-order chi connectivity index (χ1) is 4.52. The fraction of sp³-hybridized carbons (Fsp3) is 0.250. The van der Waals surface area contributed by atoms with Gasteiger partial charge in [-0.15, -0.1) is 0 Å². The zero-order valence-corrected chi connectivity index (χ0v) is 7.04. The molecular weight excluding hydrogens is 196 g/mol. The molecule has 0 N–H and O–H groups in total. The minimum absolute atomic E-state index is 0.435. The van der Waals surface area contributed by atoms with Gasteiger partial charge in [-0.2, -0.15) is 0 Å². The minimum Gasteiger partial charge on any atom is -0.285 e. The average Bonchev–Trinajstić information content (AvgIpc) is 2.11. The number of hydrogen-bond acceptors (Lipinski definition) is 4. The lowest BCUT2D eigenvalue weighted by molar-refractivity contribution is -0.109. The molecule has 56 valence electrons. The van der Waals surface area contributed by atoms with Crippen molar-refractivity contribution in [1.82, 2.24) is 0 Å². The van der Waals surface area contributed by atoms with E-state index in [9.17, 15) is 13.2 Å². The van der Waals surface area contributed by atoms with Crippen molar-refractivity contribution in [3.05, 3.63) is 11.5 Å². The molecule has 3 nitrogen and oxygen atoms in total. The molecule has 0 radical (unpaired) electrons. The molecule has 1 aliphatic heterocycles. The van der Waals surface area contributed by atoms with E-state index >= 15 is 0 Å². The van der Waals surface area contributed by atoms with Gasteiger partial charge in [0.15, 0.2) is 5.25 Å². The zero-order valence-electron chi connectivity index (χ0n) is 4.65. The zero-order chi connectivity index (χ0) is 7.78. The number of halogens is 1. The van der Waals surface area contributed by atoms with E-state index in [-0.39, 0.29) is 0 Å². The molecule has 0 aliphatic carbocycles. The molecule has 0 saturated heterocycles. The highest BCUT2D eigenvalue weighted by molar-refractivity contribution is 8.21. The largest absolute Gasteiger partial charge is 0.285 e. The fourth-order valence-corrected chi connectivity index (χ4v) is 2.84. The smallest absolute Gasteiger partial charge is 0.247 e. The number of carbonyl (C=O) groups excluding carboxylic acids is 1. The van der Waals surface area contributed by atoms with Crippen LogP contribution >= 0.6 is 22.4 Å². The van der Waals surface area contributed by atoms with Crippen molar-refractivity contribution in [3.63, 3.8) is 0 Å². The predicted molar refractivity (Wildman–Crippen MR) is 40.3 cm³/mol. The van der Waals surface area contributed by atoms with E-state index in [1.807, 2.05) is 0 Å². The Morgan fingerprint density at radius 1 is 1.60 bits per heavy atom. The third-order valence-electron chi connectivity index (χ3n) is 0.973. The maximum Gasteiger partial charge on any atom is 0.247 e. The first-order valence-electron chi connectivity index (χ1n) is 2.32. The van der Waals surface area contributed by atoms with Gasteiger partial charge in [-0.05, 0) is 5.41 Å². The van der Waals surface area contributed by atoms with Crippen LogP contribution in [0.1, 0.15) is 0 Å². The van der Waals surface area contributed by atoms with Gasteiger partial charge in [0.25, 0.3) is 0 Å². The monoisotopic (exact) mass is 198 g/mol. The standard InChI is InChI=1S/C4H3ClO3S2/c5-10(7,8)3-1-2-9-4(3)6/h1-3H. The van der Waals surface area contributed by atoms with E-state index in [4.69, 9.17) is 10.7 Å². The second kappa shape index (κ2) is 2.56. The van der Waals surface area contributed by atoms with Crippen LogP contribution < -0.4 is 0 Å². The highest BCUT2D eigenvalue weighted by Gasteiger charge is 2.31. The van der Waals surface area contributed by atoms with E-state index in [2.05, 4.69) is 0 Å². The summed E-state index contributed by atoms with van der Waals surface area (Å²) in [6, 6.07) is 0. The molecule has 0 aromatic rings. The summed E-state index contributed by atoms with van der Waals surface area (Å²) >= 11 is 0.849. The van der Waals surface area contributed by atoms with Crippen molar-refractivity contribution in [2.75, 3.05) is 0 Å². The number of carbonyl (C=O) groups is 1. The molecule has 0 spiro atoms. The highest BCUT2D eigenvalue weighted by atomic mass is 35.7. The average molecular weight is 199 g/mol. The van der Waals surface area contributed by atoms with E-state index in [1.54, 1.807) is 0 Å². The Morgan fingerprint density at radius 2 is 2.20 bits per heavy atom. The summed E-state index contributed by atoms with van der Waals surface area (Å²) in [5.74, 6) is 0. The molecule has 1 heterocycles. The summed E-state index contributed by atoms with van der Waals surface area (Å²) in [6.07, 6.45) is 1.27.